The molecule has 0 aliphatic heterocycles. The molecule has 1 rings (SSSR count). The number of esters is 2. The van der Waals surface area contributed by atoms with E-state index in [1.807, 2.05) is 19.1 Å². The third-order valence-corrected chi connectivity index (χ3v) is 2.99. The predicted octanol–water partition coefficient (Wildman–Crippen LogP) is 1.04. The van der Waals surface area contributed by atoms with E-state index in [9.17, 15) is 14.4 Å². The van der Waals surface area contributed by atoms with Crippen molar-refractivity contribution < 1.29 is 23.9 Å². The molecule has 0 atom stereocenters. The summed E-state index contributed by atoms with van der Waals surface area (Å²) >= 11 is 0. The normalized spacial score (nSPS) is 9.86. The fourth-order valence-corrected chi connectivity index (χ4v) is 1.71. The summed E-state index contributed by atoms with van der Waals surface area (Å²) in [6, 6.07) is 7.01. The maximum absolute atomic E-state index is 12.4. The van der Waals surface area contributed by atoms with Crippen molar-refractivity contribution in [1.82, 2.24) is 4.90 Å². The number of nitrogens with zero attached hydrogens (tertiary/aromatic N) is 1. The highest BCUT2D eigenvalue weighted by Gasteiger charge is 2.22. The van der Waals surface area contributed by atoms with Gasteiger partial charge in [0.25, 0.3) is 5.91 Å². The van der Waals surface area contributed by atoms with Gasteiger partial charge in [0.2, 0.25) is 0 Å². The molecule has 0 radical (unpaired) electrons. The lowest BCUT2D eigenvalue weighted by Crippen LogP contribution is -2.40. The Kier molecular flexibility index (Phi) is 6.39. The number of carbonyl (C=O) groups excluding carboxylic acids is 3. The minimum absolute atomic E-state index is 0.306. The summed E-state index contributed by atoms with van der Waals surface area (Å²) in [5, 5.41) is 0. The number of carbonyl (C=O) groups is 3. The smallest absolute Gasteiger partial charge is 0.325 e. The Morgan fingerprint density at radius 1 is 0.952 bits per heavy atom. The molecule has 1 aromatic carbocycles. The van der Waals surface area contributed by atoms with Crippen molar-refractivity contribution >= 4 is 17.8 Å². The van der Waals surface area contributed by atoms with Crippen LogP contribution in [0.3, 0.4) is 0 Å². The average Bonchev–Trinajstić information content (AvgIpc) is 2.53. The van der Waals surface area contributed by atoms with Crippen molar-refractivity contribution in [2.24, 2.45) is 0 Å². The second kappa shape index (κ2) is 8.04. The van der Waals surface area contributed by atoms with E-state index in [0.29, 0.717) is 5.56 Å². The lowest BCUT2D eigenvalue weighted by atomic mass is 10.1. The molecule has 0 saturated heterocycles. The number of methoxy groups -OCH3 is 2. The van der Waals surface area contributed by atoms with E-state index in [-0.39, 0.29) is 13.1 Å². The van der Waals surface area contributed by atoms with E-state index in [4.69, 9.17) is 0 Å². The van der Waals surface area contributed by atoms with Gasteiger partial charge in [0, 0.05) is 5.56 Å². The fraction of sp³-hybridized carbons (Fsp3) is 0.400. The van der Waals surface area contributed by atoms with Crippen LogP contribution in [0.4, 0.5) is 0 Å². The van der Waals surface area contributed by atoms with Gasteiger partial charge in [-0.1, -0.05) is 19.1 Å². The number of benzene rings is 1. The molecule has 0 aliphatic carbocycles. The molecule has 1 aromatic rings. The molecule has 0 N–H and O–H groups in total. The summed E-state index contributed by atoms with van der Waals surface area (Å²) in [5.41, 5.74) is 1.50. The molecule has 6 heteroatoms. The molecular formula is C15H19NO5. The van der Waals surface area contributed by atoms with Crippen LogP contribution in [0.2, 0.25) is 0 Å². The zero-order chi connectivity index (χ0) is 15.8. The third-order valence-electron chi connectivity index (χ3n) is 2.99. The van der Waals surface area contributed by atoms with Crippen molar-refractivity contribution in [1.29, 1.82) is 0 Å². The van der Waals surface area contributed by atoms with Gasteiger partial charge < -0.3 is 14.4 Å². The molecule has 0 aliphatic rings. The maximum atomic E-state index is 12.4. The van der Waals surface area contributed by atoms with Gasteiger partial charge in [0.15, 0.2) is 0 Å². The zero-order valence-corrected chi connectivity index (χ0v) is 12.4. The van der Waals surface area contributed by atoms with Gasteiger partial charge in [-0.2, -0.15) is 0 Å². The van der Waals surface area contributed by atoms with E-state index < -0.39 is 17.8 Å². The number of amides is 1. The summed E-state index contributed by atoms with van der Waals surface area (Å²) in [7, 11) is 2.44. The highest BCUT2D eigenvalue weighted by Crippen LogP contribution is 2.09. The Labute approximate surface area is 123 Å². The fourth-order valence-electron chi connectivity index (χ4n) is 1.71. The summed E-state index contributed by atoms with van der Waals surface area (Å²) in [5.74, 6) is -1.62. The second-order valence-corrected chi connectivity index (χ2v) is 4.36. The maximum Gasteiger partial charge on any atom is 0.325 e. The Bertz CT molecular complexity index is 491. The Morgan fingerprint density at radius 2 is 1.43 bits per heavy atom. The zero-order valence-electron chi connectivity index (χ0n) is 12.4. The molecular weight excluding hydrogens is 274 g/mol. The minimum Gasteiger partial charge on any atom is -0.468 e. The van der Waals surface area contributed by atoms with E-state index in [2.05, 4.69) is 9.47 Å². The first kappa shape index (κ1) is 16.7. The lowest BCUT2D eigenvalue weighted by molar-refractivity contribution is -0.144. The van der Waals surface area contributed by atoms with Crippen molar-refractivity contribution in [3.63, 3.8) is 0 Å². The highest BCUT2D eigenvalue weighted by atomic mass is 16.5. The molecule has 114 valence electrons. The van der Waals surface area contributed by atoms with Gasteiger partial charge in [-0.25, -0.2) is 0 Å². The standard InChI is InChI=1S/C15H19NO5/c1-4-11-5-7-12(8-6-11)15(19)16(9-13(17)20-2)10-14(18)21-3/h5-8H,4,9-10H2,1-3H3. The topological polar surface area (TPSA) is 72.9 Å². The van der Waals surface area contributed by atoms with Crippen molar-refractivity contribution in [2.75, 3.05) is 27.3 Å². The van der Waals surface area contributed by atoms with Crippen molar-refractivity contribution in [3.05, 3.63) is 35.4 Å². The van der Waals surface area contributed by atoms with Crippen LogP contribution in [0.5, 0.6) is 0 Å². The highest BCUT2D eigenvalue weighted by molar-refractivity contribution is 5.97. The van der Waals surface area contributed by atoms with Crippen LogP contribution in [-0.4, -0.2) is 50.1 Å². The van der Waals surface area contributed by atoms with E-state index in [0.717, 1.165) is 16.9 Å². The first-order valence-electron chi connectivity index (χ1n) is 6.53. The summed E-state index contributed by atoms with van der Waals surface area (Å²) in [4.78, 5) is 36.2. The van der Waals surface area contributed by atoms with Crippen molar-refractivity contribution in [3.8, 4) is 0 Å². The lowest BCUT2D eigenvalue weighted by Gasteiger charge is -2.20. The molecule has 6 nitrogen and oxygen atoms in total. The predicted molar refractivity (Wildman–Crippen MR) is 75.8 cm³/mol. The number of hydrogen-bond acceptors (Lipinski definition) is 5. The number of rotatable bonds is 6. The number of ether oxygens (including phenoxy) is 2. The van der Waals surface area contributed by atoms with E-state index >= 15 is 0 Å². The molecule has 0 unspecified atom stereocenters. The summed E-state index contributed by atoms with van der Waals surface area (Å²) in [6.07, 6.45) is 0.864. The number of aryl methyl sites for hydroxylation is 1. The largest absolute Gasteiger partial charge is 0.468 e. The molecule has 0 heterocycles. The summed E-state index contributed by atoms with van der Waals surface area (Å²) < 4.78 is 9.07. The van der Waals surface area contributed by atoms with Crippen LogP contribution < -0.4 is 0 Å². The first-order chi connectivity index (χ1) is 10.0. The first-order valence-corrected chi connectivity index (χ1v) is 6.53. The monoisotopic (exact) mass is 293 g/mol. The molecule has 0 bridgehead atoms. The van der Waals surface area contributed by atoms with Crippen LogP contribution >= 0.6 is 0 Å². The van der Waals surface area contributed by atoms with E-state index in [1.54, 1.807) is 12.1 Å². The molecule has 0 saturated carbocycles. The Balaban J connectivity index is 2.91. The van der Waals surface area contributed by atoms with Gasteiger partial charge in [-0.05, 0) is 24.1 Å². The summed E-state index contributed by atoms with van der Waals surface area (Å²) in [6.45, 7) is 1.40. The third kappa shape index (κ3) is 4.91. The Hall–Kier alpha value is -2.37. The molecule has 0 spiro atoms. The molecule has 1 amide bonds. The SMILES string of the molecule is CCc1ccc(C(=O)N(CC(=O)OC)CC(=O)OC)cc1. The average molecular weight is 293 g/mol. The molecule has 21 heavy (non-hydrogen) atoms. The van der Waals surface area contributed by atoms with Crippen LogP contribution in [0.15, 0.2) is 24.3 Å². The van der Waals surface area contributed by atoms with Gasteiger partial charge >= 0.3 is 11.9 Å². The van der Waals surface area contributed by atoms with Gasteiger partial charge in [0.05, 0.1) is 14.2 Å². The van der Waals surface area contributed by atoms with Crippen LogP contribution in [0.1, 0.15) is 22.8 Å². The minimum atomic E-state index is -0.600. The van der Waals surface area contributed by atoms with E-state index in [1.165, 1.54) is 14.2 Å². The van der Waals surface area contributed by atoms with Crippen LogP contribution in [-0.2, 0) is 25.5 Å². The molecule has 0 fully saturated rings. The van der Waals surface area contributed by atoms with Crippen LogP contribution in [0.25, 0.3) is 0 Å². The second-order valence-electron chi connectivity index (χ2n) is 4.36. The van der Waals surface area contributed by atoms with Crippen molar-refractivity contribution in [2.45, 2.75) is 13.3 Å². The Morgan fingerprint density at radius 3 is 1.81 bits per heavy atom. The van der Waals surface area contributed by atoms with Gasteiger partial charge in [0.1, 0.15) is 13.1 Å². The quantitative estimate of drug-likeness (QED) is 0.733. The molecule has 0 aromatic heterocycles. The van der Waals surface area contributed by atoms with Gasteiger partial charge in [-0.3, -0.25) is 14.4 Å². The van der Waals surface area contributed by atoms with Crippen LogP contribution in [0, 0.1) is 0 Å². The number of hydrogen-bond donors (Lipinski definition) is 0. The van der Waals surface area contributed by atoms with Gasteiger partial charge in [-0.15, -0.1) is 0 Å².